The van der Waals surface area contributed by atoms with Gasteiger partial charge in [0.15, 0.2) is 5.82 Å². The van der Waals surface area contributed by atoms with Crippen LogP contribution < -0.4 is 10.6 Å². The van der Waals surface area contributed by atoms with Crippen LogP contribution in [0.4, 0.5) is 5.82 Å². The number of piperidine rings is 1. The van der Waals surface area contributed by atoms with E-state index in [1.54, 1.807) is 13.3 Å². The molecule has 0 unspecified atom stereocenters. The second-order valence-electron chi connectivity index (χ2n) is 4.47. The highest BCUT2D eigenvalue weighted by Crippen LogP contribution is 2.23. The summed E-state index contributed by atoms with van der Waals surface area (Å²) in [4.78, 5) is 2.28. The van der Waals surface area contributed by atoms with E-state index in [1.165, 1.54) is 0 Å². The van der Waals surface area contributed by atoms with Crippen molar-refractivity contribution in [3.8, 4) is 0 Å². The van der Waals surface area contributed by atoms with Gasteiger partial charge in [-0.3, -0.25) is 0 Å². The molecule has 0 radical (unpaired) electrons. The van der Waals surface area contributed by atoms with E-state index in [4.69, 9.17) is 10.5 Å². The van der Waals surface area contributed by atoms with Gasteiger partial charge in [0.05, 0.1) is 6.20 Å². The van der Waals surface area contributed by atoms with Crippen LogP contribution in [-0.4, -0.2) is 37.0 Å². The predicted octanol–water partition coefficient (Wildman–Crippen LogP) is 0.798. The van der Waals surface area contributed by atoms with Crippen molar-refractivity contribution in [3.63, 3.8) is 0 Å². The van der Waals surface area contributed by atoms with Gasteiger partial charge in [-0.1, -0.05) is 0 Å². The largest absolute Gasteiger partial charge is 0.384 e. The van der Waals surface area contributed by atoms with E-state index in [0.717, 1.165) is 43.9 Å². The summed E-state index contributed by atoms with van der Waals surface area (Å²) in [6, 6.07) is 1.95. The Morgan fingerprint density at radius 2 is 2.24 bits per heavy atom. The second-order valence-corrected chi connectivity index (χ2v) is 4.47. The van der Waals surface area contributed by atoms with E-state index >= 15 is 0 Å². The minimum absolute atomic E-state index is 0.517. The molecule has 0 bridgehead atoms. The minimum atomic E-state index is 0.517. The first-order valence-electron chi connectivity index (χ1n) is 6.09. The van der Waals surface area contributed by atoms with Crippen LogP contribution in [0.5, 0.6) is 0 Å². The number of anilines is 1. The fraction of sp³-hybridized carbons (Fsp3) is 0.667. The molecule has 2 N–H and O–H groups in total. The summed E-state index contributed by atoms with van der Waals surface area (Å²) in [7, 11) is 1.77. The average molecular weight is 236 g/mol. The first kappa shape index (κ1) is 12.3. The maximum Gasteiger partial charge on any atom is 0.155 e. The third-order valence-electron chi connectivity index (χ3n) is 3.32. The number of rotatable bonds is 4. The van der Waals surface area contributed by atoms with Gasteiger partial charge in [0.1, 0.15) is 0 Å². The lowest BCUT2D eigenvalue weighted by molar-refractivity contribution is 0.139. The molecule has 94 valence electrons. The Morgan fingerprint density at radius 3 is 2.88 bits per heavy atom. The molecule has 5 heteroatoms. The fourth-order valence-corrected chi connectivity index (χ4v) is 2.32. The third kappa shape index (κ3) is 2.92. The van der Waals surface area contributed by atoms with Gasteiger partial charge in [-0.05, 0) is 24.8 Å². The summed E-state index contributed by atoms with van der Waals surface area (Å²) in [5, 5.41) is 8.16. The van der Waals surface area contributed by atoms with Crippen LogP contribution in [0, 0.1) is 5.92 Å². The van der Waals surface area contributed by atoms with Gasteiger partial charge in [0, 0.05) is 38.9 Å². The van der Waals surface area contributed by atoms with Gasteiger partial charge < -0.3 is 15.4 Å². The van der Waals surface area contributed by atoms with Crippen molar-refractivity contribution in [2.45, 2.75) is 19.4 Å². The van der Waals surface area contributed by atoms with Crippen LogP contribution in [-0.2, 0) is 11.3 Å². The van der Waals surface area contributed by atoms with Gasteiger partial charge in [-0.2, -0.15) is 5.10 Å². The molecule has 0 spiro atoms. The Morgan fingerprint density at radius 1 is 1.47 bits per heavy atom. The van der Waals surface area contributed by atoms with Gasteiger partial charge in [0.2, 0.25) is 0 Å². The molecule has 2 rings (SSSR count). The van der Waals surface area contributed by atoms with Crippen LogP contribution in [0.25, 0.3) is 0 Å². The van der Waals surface area contributed by atoms with Crippen LogP contribution in [0.15, 0.2) is 12.3 Å². The normalized spacial score (nSPS) is 17.4. The first-order chi connectivity index (χ1) is 8.35. The van der Waals surface area contributed by atoms with Gasteiger partial charge in [-0.25, -0.2) is 0 Å². The zero-order chi connectivity index (χ0) is 12.1. The topological polar surface area (TPSA) is 64.3 Å². The first-order valence-corrected chi connectivity index (χ1v) is 6.09. The van der Waals surface area contributed by atoms with Crippen molar-refractivity contribution in [2.24, 2.45) is 11.7 Å². The van der Waals surface area contributed by atoms with Crippen LogP contribution in [0.3, 0.4) is 0 Å². The molecule has 1 aromatic rings. The number of nitrogens with zero attached hydrogens (tertiary/aromatic N) is 3. The number of ether oxygens (including phenoxy) is 1. The van der Waals surface area contributed by atoms with E-state index in [1.807, 2.05) is 6.07 Å². The van der Waals surface area contributed by atoms with Crippen molar-refractivity contribution in [3.05, 3.63) is 17.8 Å². The molecule has 0 atom stereocenters. The lowest BCUT2D eigenvalue weighted by Crippen LogP contribution is -2.36. The zero-order valence-corrected chi connectivity index (χ0v) is 10.3. The van der Waals surface area contributed by atoms with Gasteiger partial charge >= 0.3 is 0 Å². The van der Waals surface area contributed by atoms with Crippen LogP contribution in [0.2, 0.25) is 0 Å². The lowest BCUT2D eigenvalue weighted by Gasteiger charge is -2.33. The van der Waals surface area contributed by atoms with E-state index in [2.05, 4.69) is 15.1 Å². The molecule has 1 aliphatic rings. The molecule has 17 heavy (non-hydrogen) atoms. The summed E-state index contributed by atoms with van der Waals surface area (Å²) < 4.78 is 5.20. The summed E-state index contributed by atoms with van der Waals surface area (Å²) in [5.41, 5.74) is 6.79. The molecular weight excluding hydrogens is 216 g/mol. The summed E-state index contributed by atoms with van der Waals surface area (Å²) in [5.74, 6) is 1.63. The molecule has 0 aliphatic carbocycles. The summed E-state index contributed by atoms with van der Waals surface area (Å²) >= 11 is 0. The molecule has 5 nitrogen and oxygen atoms in total. The number of aromatic nitrogens is 2. The fourth-order valence-electron chi connectivity index (χ4n) is 2.32. The number of hydrogen-bond donors (Lipinski definition) is 1. The number of nitrogens with two attached hydrogens (primary N) is 1. The minimum Gasteiger partial charge on any atom is -0.384 e. The standard InChI is InChI=1S/C12H20N4O/c1-17-9-10-3-6-16(7-4-10)12-11(8-13)2-5-14-15-12/h2,5,10H,3-4,6-9,13H2,1H3. The molecule has 0 amide bonds. The van der Waals surface area contributed by atoms with Gasteiger partial charge in [-0.15, -0.1) is 5.10 Å². The Hall–Kier alpha value is -1.20. The van der Waals surface area contributed by atoms with E-state index in [9.17, 15) is 0 Å². The monoisotopic (exact) mass is 236 g/mol. The average Bonchev–Trinajstić information content (AvgIpc) is 2.40. The lowest BCUT2D eigenvalue weighted by atomic mass is 9.97. The maximum atomic E-state index is 5.72. The molecule has 1 fully saturated rings. The highest BCUT2D eigenvalue weighted by molar-refractivity contribution is 5.45. The second kappa shape index (κ2) is 5.93. The predicted molar refractivity (Wildman–Crippen MR) is 66.7 cm³/mol. The Labute approximate surface area is 102 Å². The third-order valence-corrected chi connectivity index (χ3v) is 3.32. The quantitative estimate of drug-likeness (QED) is 0.837. The molecule has 0 aromatic carbocycles. The Bertz CT molecular complexity index is 350. The Kier molecular flexibility index (Phi) is 4.28. The van der Waals surface area contributed by atoms with Crippen molar-refractivity contribution in [1.82, 2.24) is 10.2 Å². The van der Waals surface area contributed by atoms with Crippen molar-refractivity contribution in [1.29, 1.82) is 0 Å². The summed E-state index contributed by atoms with van der Waals surface area (Å²) in [6.07, 6.45) is 3.99. The van der Waals surface area contributed by atoms with Crippen molar-refractivity contribution in [2.75, 3.05) is 31.7 Å². The highest BCUT2D eigenvalue weighted by atomic mass is 16.5. The number of hydrogen-bond acceptors (Lipinski definition) is 5. The van der Waals surface area contributed by atoms with Gasteiger partial charge in [0.25, 0.3) is 0 Å². The maximum absolute atomic E-state index is 5.72. The molecule has 1 aromatic heterocycles. The van der Waals surface area contributed by atoms with E-state index < -0.39 is 0 Å². The SMILES string of the molecule is COCC1CCN(c2nnccc2CN)CC1. The van der Waals surface area contributed by atoms with E-state index in [0.29, 0.717) is 12.5 Å². The van der Waals surface area contributed by atoms with Crippen molar-refractivity contribution >= 4 is 5.82 Å². The molecule has 1 aliphatic heterocycles. The smallest absolute Gasteiger partial charge is 0.155 e. The van der Waals surface area contributed by atoms with Crippen LogP contribution >= 0.6 is 0 Å². The number of methoxy groups -OCH3 is 1. The molecule has 1 saturated heterocycles. The Balaban J connectivity index is 2.00. The van der Waals surface area contributed by atoms with Crippen molar-refractivity contribution < 1.29 is 4.74 Å². The van der Waals surface area contributed by atoms with Crippen LogP contribution in [0.1, 0.15) is 18.4 Å². The molecule has 2 heterocycles. The zero-order valence-electron chi connectivity index (χ0n) is 10.3. The highest BCUT2D eigenvalue weighted by Gasteiger charge is 2.21. The summed E-state index contributed by atoms with van der Waals surface area (Å²) in [6.45, 7) is 3.40. The molecule has 0 saturated carbocycles. The molecular formula is C12H20N4O. The van der Waals surface area contributed by atoms with E-state index in [-0.39, 0.29) is 0 Å².